The molecule has 0 aliphatic rings. The Labute approximate surface area is 154 Å². The van der Waals surface area contributed by atoms with Crippen molar-refractivity contribution in [3.63, 3.8) is 0 Å². The van der Waals surface area contributed by atoms with Gasteiger partial charge in [0.25, 0.3) is 0 Å². The van der Waals surface area contributed by atoms with E-state index >= 15 is 0 Å². The van der Waals surface area contributed by atoms with Gasteiger partial charge in [0.15, 0.2) is 5.13 Å². The van der Waals surface area contributed by atoms with Crippen molar-refractivity contribution in [3.8, 4) is 22.5 Å². The molecule has 26 heavy (non-hydrogen) atoms. The van der Waals surface area contributed by atoms with Gasteiger partial charge in [0.05, 0.1) is 5.69 Å². The highest BCUT2D eigenvalue weighted by Crippen LogP contribution is 2.33. The van der Waals surface area contributed by atoms with Crippen LogP contribution < -0.4 is 5.32 Å². The molecule has 0 bridgehead atoms. The quantitative estimate of drug-likeness (QED) is 0.554. The Kier molecular flexibility index (Phi) is 4.38. The summed E-state index contributed by atoms with van der Waals surface area (Å²) >= 11 is 1.52. The van der Waals surface area contributed by atoms with E-state index in [1.165, 1.54) is 17.4 Å². The molecule has 0 unspecified atom stereocenters. The third-order valence-corrected chi connectivity index (χ3v) is 4.94. The fraction of sp³-hybridized carbons (Fsp3) is 0.211. The van der Waals surface area contributed by atoms with Gasteiger partial charge >= 0.3 is 0 Å². The molecule has 7 heteroatoms. The third-order valence-electron chi connectivity index (χ3n) is 4.02. The second kappa shape index (κ2) is 6.84. The van der Waals surface area contributed by atoms with Crippen molar-refractivity contribution in [2.45, 2.75) is 13.3 Å². The number of halogens is 1. The summed E-state index contributed by atoms with van der Waals surface area (Å²) in [5.74, 6) is -0.294. The van der Waals surface area contributed by atoms with Gasteiger partial charge in [-0.25, -0.2) is 14.4 Å². The monoisotopic (exact) mass is 367 g/mol. The second-order valence-electron chi connectivity index (χ2n) is 6.01. The summed E-state index contributed by atoms with van der Waals surface area (Å²) in [6.45, 7) is 3.00. The lowest BCUT2D eigenvalue weighted by atomic mass is 10.1. The molecule has 4 aromatic rings. The zero-order valence-corrected chi connectivity index (χ0v) is 15.3. The fourth-order valence-corrected chi connectivity index (χ4v) is 3.67. The van der Waals surface area contributed by atoms with Crippen LogP contribution in [0.1, 0.15) is 13.3 Å². The number of aromatic nitrogens is 4. The van der Waals surface area contributed by atoms with Gasteiger partial charge in [0.2, 0.25) is 0 Å². The molecule has 0 aliphatic heterocycles. The van der Waals surface area contributed by atoms with Crippen molar-refractivity contribution in [1.29, 1.82) is 0 Å². The summed E-state index contributed by atoms with van der Waals surface area (Å²) in [5, 5.41) is 8.62. The van der Waals surface area contributed by atoms with E-state index in [0.717, 1.165) is 39.7 Å². The van der Waals surface area contributed by atoms with E-state index in [-0.39, 0.29) is 5.82 Å². The number of hydrogen-bond acceptors (Lipinski definition) is 5. The molecule has 0 spiro atoms. The van der Waals surface area contributed by atoms with Crippen LogP contribution in [0.5, 0.6) is 0 Å². The number of anilines is 1. The number of aryl methyl sites for hydroxylation is 1. The normalized spacial score (nSPS) is 11.2. The fourth-order valence-electron chi connectivity index (χ4n) is 2.80. The van der Waals surface area contributed by atoms with Crippen molar-refractivity contribution in [2.75, 3.05) is 11.9 Å². The molecule has 1 aromatic carbocycles. The second-order valence-corrected chi connectivity index (χ2v) is 6.99. The van der Waals surface area contributed by atoms with Gasteiger partial charge < -0.3 is 5.32 Å². The molecule has 4 rings (SSSR count). The maximum absolute atomic E-state index is 14.3. The average molecular weight is 367 g/mol. The first kappa shape index (κ1) is 16.7. The molecule has 0 aliphatic carbocycles. The summed E-state index contributed by atoms with van der Waals surface area (Å²) in [5.41, 5.74) is 3.48. The average Bonchev–Trinajstić information content (AvgIpc) is 3.22. The molecule has 0 atom stereocenters. The van der Waals surface area contributed by atoms with Crippen molar-refractivity contribution < 1.29 is 4.39 Å². The van der Waals surface area contributed by atoms with Gasteiger partial charge in [-0.15, -0.1) is 0 Å². The topological polar surface area (TPSA) is 55.6 Å². The van der Waals surface area contributed by atoms with Crippen LogP contribution in [0.25, 0.3) is 32.9 Å². The molecule has 0 radical (unpaired) electrons. The van der Waals surface area contributed by atoms with E-state index in [1.807, 2.05) is 31.4 Å². The molecule has 5 nitrogen and oxygen atoms in total. The highest BCUT2D eigenvalue weighted by atomic mass is 32.1. The van der Waals surface area contributed by atoms with Crippen LogP contribution in [0.2, 0.25) is 0 Å². The number of pyridine rings is 1. The Balaban J connectivity index is 1.79. The van der Waals surface area contributed by atoms with Crippen LogP contribution in [0, 0.1) is 5.82 Å². The Morgan fingerprint density at radius 2 is 1.96 bits per heavy atom. The van der Waals surface area contributed by atoms with Crippen LogP contribution in [-0.2, 0) is 7.05 Å². The van der Waals surface area contributed by atoms with Crippen LogP contribution in [0.4, 0.5) is 9.52 Å². The van der Waals surface area contributed by atoms with E-state index in [4.69, 9.17) is 4.98 Å². The van der Waals surface area contributed by atoms with Crippen LogP contribution in [0.3, 0.4) is 0 Å². The SMILES string of the molecule is CCCNc1nc2ccc(-c3cn(C)nc3-c3ccccc3F)nc2s1. The van der Waals surface area contributed by atoms with Gasteiger partial charge in [0.1, 0.15) is 21.9 Å². The van der Waals surface area contributed by atoms with Crippen molar-refractivity contribution in [1.82, 2.24) is 19.7 Å². The van der Waals surface area contributed by atoms with Gasteiger partial charge in [-0.2, -0.15) is 5.10 Å². The van der Waals surface area contributed by atoms with E-state index < -0.39 is 0 Å². The molecule has 1 N–H and O–H groups in total. The van der Waals surface area contributed by atoms with E-state index in [0.29, 0.717) is 11.3 Å². The summed E-state index contributed by atoms with van der Waals surface area (Å²) in [4.78, 5) is 10.1. The molecule has 0 saturated heterocycles. The molecule has 3 heterocycles. The van der Waals surface area contributed by atoms with Gasteiger partial charge in [-0.05, 0) is 30.7 Å². The predicted molar refractivity (Wildman–Crippen MR) is 104 cm³/mol. The largest absolute Gasteiger partial charge is 0.361 e. The summed E-state index contributed by atoms with van der Waals surface area (Å²) < 4.78 is 16.0. The maximum atomic E-state index is 14.3. The third kappa shape index (κ3) is 3.06. The van der Waals surface area contributed by atoms with Gasteiger partial charge in [-0.1, -0.05) is 30.4 Å². The van der Waals surface area contributed by atoms with Crippen molar-refractivity contribution in [2.24, 2.45) is 7.05 Å². The Hall–Kier alpha value is -2.80. The molecule has 0 saturated carbocycles. The lowest BCUT2D eigenvalue weighted by Crippen LogP contribution is -1.98. The minimum Gasteiger partial charge on any atom is -0.361 e. The Morgan fingerprint density at radius 1 is 1.12 bits per heavy atom. The predicted octanol–water partition coefficient (Wildman–Crippen LogP) is 4.72. The van der Waals surface area contributed by atoms with Gasteiger partial charge in [0, 0.05) is 30.9 Å². The maximum Gasteiger partial charge on any atom is 0.185 e. The molecule has 0 fully saturated rings. The van der Waals surface area contributed by atoms with Crippen molar-refractivity contribution in [3.05, 3.63) is 48.4 Å². The van der Waals surface area contributed by atoms with Gasteiger partial charge in [-0.3, -0.25) is 4.68 Å². The number of thiazole rings is 1. The molecular formula is C19H18FN5S. The summed E-state index contributed by atoms with van der Waals surface area (Å²) in [6, 6.07) is 10.5. The highest BCUT2D eigenvalue weighted by molar-refractivity contribution is 7.21. The van der Waals surface area contributed by atoms with Crippen LogP contribution in [0.15, 0.2) is 42.6 Å². The smallest absolute Gasteiger partial charge is 0.185 e. The molecule has 0 amide bonds. The van der Waals surface area contributed by atoms with Crippen LogP contribution in [-0.4, -0.2) is 26.3 Å². The number of hydrogen-bond donors (Lipinski definition) is 1. The minimum atomic E-state index is -0.294. The standard InChI is InChI=1S/C19H18FN5S/c1-3-10-21-19-23-16-9-8-15(22-18(16)26-19)13-11-25(2)24-17(13)12-6-4-5-7-14(12)20/h4-9,11H,3,10H2,1-2H3,(H,21,23). The number of rotatable bonds is 5. The first-order valence-electron chi connectivity index (χ1n) is 8.46. The molecular weight excluding hydrogens is 349 g/mol. The lowest BCUT2D eigenvalue weighted by molar-refractivity contribution is 0.630. The first-order valence-corrected chi connectivity index (χ1v) is 9.27. The number of benzene rings is 1. The number of nitrogens with one attached hydrogen (secondary N) is 1. The lowest BCUT2D eigenvalue weighted by Gasteiger charge is -2.03. The van der Waals surface area contributed by atoms with E-state index in [2.05, 4.69) is 22.3 Å². The number of fused-ring (bicyclic) bond motifs is 1. The summed E-state index contributed by atoms with van der Waals surface area (Å²) in [6.07, 6.45) is 2.91. The highest BCUT2D eigenvalue weighted by Gasteiger charge is 2.17. The molecule has 132 valence electrons. The zero-order chi connectivity index (χ0) is 18.1. The van der Waals surface area contributed by atoms with Crippen LogP contribution >= 0.6 is 11.3 Å². The Bertz CT molecular complexity index is 1070. The summed E-state index contributed by atoms with van der Waals surface area (Å²) in [7, 11) is 1.83. The van der Waals surface area contributed by atoms with E-state index in [1.54, 1.807) is 16.8 Å². The zero-order valence-electron chi connectivity index (χ0n) is 14.5. The van der Waals surface area contributed by atoms with Crippen molar-refractivity contribution >= 4 is 26.8 Å². The Morgan fingerprint density at radius 3 is 2.77 bits per heavy atom. The van der Waals surface area contributed by atoms with E-state index in [9.17, 15) is 4.39 Å². The minimum absolute atomic E-state index is 0.294. The molecule has 3 aromatic heterocycles. The first-order chi connectivity index (χ1) is 12.7. The number of nitrogens with zero attached hydrogens (tertiary/aromatic N) is 4.